The van der Waals surface area contributed by atoms with Gasteiger partial charge in [0.25, 0.3) is 10.1 Å². The lowest BCUT2D eigenvalue weighted by molar-refractivity contribution is 0.205. The van der Waals surface area contributed by atoms with Gasteiger partial charge in [0.15, 0.2) is 0 Å². The smallest absolute Gasteiger partial charge is 0.297 e. The summed E-state index contributed by atoms with van der Waals surface area (Å²) in [6, 6.07) is 4.24. The second-order valence-electron chi connectivity index (χ2n) is 2.45. The number of hydrogen-bond donors (Lipinski definition) is 1. The third-order valence-electron chi connectivity index (χ3n) is 1.43. The number of aliphatic hydroxyl groups excluding tert-OH is 1. The van der Waals surface area contributed by atoms with Crippen molar-refractivity contribution in [1.82, 2.24) is 0 Å². The Labute approximate surface area is 81.1 Å². The minimum absolute atomic E-state index is 0.132. The molecule has 0 aliphatic carbocycles. The first-order valence-corrected chi connectivity index (χ1v) is 5.23. The molecule has 0 amide bonds. The summed E-state index contributed by atoms with van der Waals surface area (Å²) >= 11 is 0. The van der Waals surface area contributed by atoms with E-state index in [-0.39, 0.29) is 18.1 Å². The van der Waals surface area contributed by atoms with Crippen LogP contribution in [0.4, 0.5) is 4.39 Å². The molecule has 0 radical (unpaired) electrons. The molecule has 0 aliphatic rings. The van der Waals surface area contributed by atoms with E-state index in [0.717, 1.165) is 24.3 Å². The van der Waals surface area contributed by atoms with Gasteiger partial charge in [-0.2, -0.15) is 8.42 Å². The molecule has 1 N–H and O–H groups in total. The molecule has 1 aromatic rings. The lowest BCUT2D eigenvalue weighted by Crippen LogP contribution is -2.09. The van der Waals surface area contributed by atoms with Crippen LogP contribution in [0.25, 0.3) is 0 Å². The molecule has 0 saturated carbocycles. The quantitative estimate of drug-likeness (QED) is 0.751. The van der Waals surface area contributed by atoms with Crippen LogP contribution in [0.15, 0.2) is 29.2 Å². The topological polar surface area (TPSA) is 63.6 Å². The van der Waals surface area contributed by atoms with E-state index in [9.17, 15) is 12.8 Å². The van der Waals surface area contributed by atoms with Gasteiger partial charge in [-0.05, 0) is 24.3 Å². The molecule has 4 nitrogen and oxygen atoms in total. The summed E-state index contributed by atoms with van der Waals surface area (Å²) in [7, 11) is -3.87. The largest absolute Gasteiger partial charge is 0.394 e. The van der Waals surface area contributed by atoms with E-state index >= 15 is 0 Å². The summed E-state index contributed by atoms with van der Waals surface area (Å²) in [4.78, 5) is -0.132. The molecule has 78 valence electrons. The van der Waals surface area contributed by atoms with Gasteiger partial charge in [0.2, 0.25) is 0 Å². The van der Waals surface area contributed by atoms with E-state index in [0.29, 0.717) is 0 Å². The van der Waals surface area contributed by atoms with Gasteiger partial charge in [0.1, 0.15) is 5.82 Å². The third kappa shape index (κ3) is 2.76. The molecule has 0 unspecified atom stereocenters. The van der Waals surface area contributed by atoms with Gasteiger partial charge in [0.05, 0.1) is 18.1 Å². The Morgan fingerprint density at radius 2 is 1.86 bits per heavy atom. The van der Waals surface area contributed by atoms with Gasteiger partial charge in [-0.25, -0.2) is 4.39 Å². The van der Waals surface area contributed by atoms with Gasteiger partial charge >= 0.3 is 0 Å². The van der Waals surface area contributed by atoms with Gasteiger partial charge in [-0.3, -0.25) is 4.18 Å². The molecular formula is C8H9FO4S. The second kappa shape index (κ2) is 4.50. The van der Waals surface area contributed by atoms with Gasteiger partial charge < -0.3 is 5.11 Å². The lowest BCUT2D eigenvalue weighted by Gasteiger charge is -2.03. The van der Waals surface area contributed by atoms with Crippen LogP contribution < -0.4 is 0 Å². The van der Waals surface area contributed by atoms with Crippen LogP contribution in [0, 0.1) is 5.82 Å². The normalized spacial score (nSPS) is 11.6. The van der Waals surface area contributed by atoms with Crippen LogP contribution in [0.1, 0.15) is 0 Å². The standard InChI is InChI=1S/C8H9FO4S/c9-7-1-3-8(4-2-7)14(11,12)13-6-5-10/h1-4,10H,5-6H2. The fraction of sp³-hybridized carbons (Fsp3) is 0.250. The maximum atomic E-state index is 12.5. The molecule has 0 aromatic heterocycles. The van der Waals surface area contributed by atoms with Crippen molar-refractivity contribution in [3.63, 3.8) is 0 Å². The zero-order chi connectivity index (χ0) is 10.6. The van der Waals surface area contributed by atoms with Crippen molar-refractivity contribution >= 4 is 10.1 Å². The van der Waals surface area contributed by atoms with Crippen molar-refractivity contribution in [3.8, 4) is 0 Å². The van der Waals surface area contributed by atoms with E-state index in [1.165, 1.54) is 0 Å². The highest BCUT2D eigenvalue weighted by Gasteiger charge is 2.14. The van der Waals surface area contributed by atoms with Crippen molar-refractivity contribution < 1.29 is 22.1 Å². The van der Waals surface area contributed by atoms with Crippen LogP contribution in [0.3, 0.4) is 0 Å². The zero-order valence-corrected chi connectivity index (χ0v) is 8.00. The molecule has 14 heavy (non-hydrogen) atoms. The first kappa shape index (κ1) is 11.1. The Balaban J connectivity index is 2.87. The average molecular weight is 220 g/mol. The summed E-state index contributed by atoms with van der Waals surface area (Å²) in [5.41, 5.74) is 0. The van der Waals surface area contributed by atoms with Crippen molar-refractivity contribution in [2.75, 3.05) is 13.2 Å². The van der Waals surface area contributed by atoms with Gasteiger partial charge in [-0.1, -0.05) is 0 Å². The van der Waals surface area contributed by atoms with Gasteiger partial charge in [-0.15, -0.1) is 0 Å². The van der Waals surface area contributed by atoms with E-state index in [1.807, 2.05) is 0 Å². The number of rotatable bonds is 4. The van der Waals surface area contributed by atoms with E-state index < -0.39 is 15.9 Å². The number of hydrogen-bond acceptors (Lipinski definition) is 4. The first-order chi connectivity index (χ1) is 6.56. The number of benzene rings is 1. The first-order valence-electron chi connectivity index (χ1n) is 3.82. The molecule has 0 bridgehead atoms. The fourth-order valence-corrected chi connectivity index (χ4v) is 1.72. The van der Waals surface area contributed by atoms with Crippen molar-refractivity contribution in [3.05, 3.63) is 30.1 Å². The molecular weight excluding hydrogens is 211 g/mol. The van der Waals surface area contributed by atoms with E-state index in [2.05, 4.69) is 4.18 Å². The molecule has 0 saturated heterocycles. The Hall–Kier alpha value is -0.980. The minimum Gasteiger partial charge on any atom is -0.394 e. The molecule has 0 fully saturated rings. The highest BCUT2D eigenvalue weighted by molar-refractivity contribution is 7.86. The highest BCUT2D eigenvalue weighted by atomic mass is 32.2. The predicted octanol–water partition coefficient (Wildman–Crippen LogP) is 0.523. The molecule has 0 atom stereocenters. The third-order valence-corrected chi connectivity index (χ3v) is 2.76. The van der Waals surface area contributed by atoms with E-state index in [4.69, 9.17) is 5.11 Å². The van der Waals surface area contributed by atoms with Crippen LogP contribution >= 0.6 is 0 Å². The summed E-state index contributed by atoms with van der Waals surface area (Å²) in [5.74, 6) is -0.522. The van der Waals surface area contributed by atoms with Crippen LogP contribution in [0.2, 0.25) is 0 Å². The Bertz CT molecular complexity index is 384. The SMILES string of the molecule is O=S(=O)(OCCO)c1ccc(F)cc1. The van der Waals surface area contributed by atoms with Crippen molar-refractivity contribution in [2.45, 2.75) is 4.90 Å². The summed E-state index contributed by atoms with van der Waals surface area (Å²) in [5, 5.41) is 8.37. The lowest BCUT2D eigenvalue weighted by atomic mass is 10.4. The summed E-state index contributed by atoms with van der Waals surface area (Å²) < 4.78 is 39.3. The van der Waals surface area contributed by atoms with Crippen LogP contribution in [-0.2, 0) is 14.3 Å². The Kier molecular flexibility index (Phi) is 3.56. The highest BCUT2D eigenvalue weighted by Crippen LogP contribution is 2.12. The number of halogens is 1. The molecule has 6 heteroatoms. The maximum absolute atomic E-state index is 12.5. The molecule has 0 heterocycles. The second-order valence-corrected chi connectivity index (χ2v) is 4.07. The van der Waals surface area contributed by atoms with Crippen LogP contribution in [0.5, 0.6) is 0 Å². The fourth-order valence-electron chi connectivity index (χ4n) is 0.816. The Morgan fingerprint density at radius 3 is 2.36 bits per heavy atom. The summed E-state index contributed by atoms with van der Waals surface area (Å²) in [6.45, 7) is -0.694. The number of aliphatic hydroxyl groups is 1. The monoisotopic (exact) mass is 220 g/mol. The predicted molar refractivity (Wildman–Crippen MR) is 46.6 cm³/mol. The molecule has 0 aliphatic heterocycles. The minimum atomic E-state index is -3.87. The molecule has 1 rings (SSSR count). The zero-order valence-electron chi connectivity index (χ0n) is 7.18. The molecule has 1 aromatic carbocycles. The summed E-state index contributed by atoms with van der Waals surface area (Å²) in [6.07, 6.45) is 0. The van der Waals surface area contributed by atoms with Crippen LogP contribution in [-0.4, -0.2) is 26.7 Å². The van der Waals surface area contributed by atoms with Gasteiger partial charge in [0, 0.05) is 0 Å². The van der Waals surface area contributed by atoms with Crippen molar-refractivity contribution in [2.24, 2.45) is 0 Å². The molecule has 0 spiro atoms. The maximum Gasteiger partial charge on any atom is 0.297 e. The van der Waals surface area contributed by atoms with Crippen molar-refractivity contribution in [1.29, 1.82) is 0 Å². The Morgan fingerprint density at radius 1 is 1.29 bits per heavy atom. The average Bonchev–Trinajstić information content (AvgIpc) is 2.16. The van der Waals surface area contributed by atoms with E-state index in [1.54, 1.807) is 0 Å².